The smallest absolute Gasteiger partial charge is 0.148 e. The molecule has 0 saturated heterocycles. The Balaban J connectivity index is 2.24. The lowest BCUT2D eigenvalue weighted by molar-refractivity contribution is 0.493. The van der Waals surface area contributed by atoms with Crippen molar-refractivity contribution in [3.05, 3.63) is 46.7 Å². The Hall–Kier alpha value is -1.52. The van der Waals surface area contributed by atoms with E-state index in [0.29, 0.717) is 22.0 Å². The highest BCUT2D eigenvalue weighted by molar-refractivity contribution is 7.80. The van der Waals surface area contributed by atoms with E-state index in [0.717, 1.165) is 23.1 Å². The molecule has 0 amide bonds. The van der Waals surface area contributed by atoms with E-state index in [4.69, 9.17) is 16.0 Å². The molecule has 0 atom stereocenters. The van der Waals surface area contributed by atoms with Crippen molar-refractivity contribution in [2.24, 2.45) is 5.92 Å². The zero-order valence-electron chi connectivity index (χ0n) is 13.2. The van der Waals surface area contributed by atoms with Crippen LogP contribution in [-0.4, -0.2) is 4.98 Å². The molecular weight excluding hydrogens is 333 g/mol. The molecule has 2 nitrogen and oxygen atoms in total. The van der Waals surface area contributed by atoms with Crippen molar-refractivity contribution < 1.29 is 8.81 Å². The molecule has 0 bridgehead atoms. The standard InChI is InChI=1S/C18H17ClFNOS/c1-9(2)8-14-10(3)11-4-5-12(17(23)16(11)22-14)15-13(20)6-7-21-18(15)19/h4-7,9,23H,8H2,1-3H3. The summed E-state index contributed by atoms with van der Waals surface area (Å²) in [6.45, 7) is 6.32. The summed E-state index contributed by atoms with van der Waals surface area (Å²) in [4.78, 5) is 4.54. The molecule has 3 aromatic rings. The number of fused-ring (bicyclic) bond motifs is 1. The van der Waals surface area contributed by atoms with Gasteiger partial charge in [-0.25, -0.2) is 9.37 Å². The van der Waals surface area contributed by atoms with Gasteiger partial charge in [-0.1, -0.05) is 37.6 Å². The molecule has 0 saturated carbocycles. The normalized spacial score (nSPS) is 11.6. The molecule has 0 aliphatic carbocycles. The Morgan fingerprint density at radius 1 is 1.30 bits per heavy atom. The third-order valence-corrected chi connectivity index (χ3v) is 4.63. The fraction of sp³-hybridized carbons (Fsp3) is 0.278. The predicted molar refractivity (Wildman–Crippen MR) is 94.9 cm³/mol. The van der Waals surface area contributed by atoms with Crippen LogP contribution in [0.1, 0.15) is 25.2 Å². The second kappa shape index (κ2) is 6.17. The highest BCUT2D eigenvalue weighted by Gasteiger charge is 2.19. The number of thiol groups is 1. The maximum absolute atomic E-state index is 14.2. The molecule has 3 rings (SSSR count). The fourth-order valence-electron chi connectivity index (χ4n) is 2.74. The molecule has 0 radical (unpaired) electrons. The zero-order chi connectivity index (χ0) is 16.7. The zero-order valence-corrected chi connectivity index (χ0v) is 14.8. The molecule has 0 spiro atoms. The average molecular weight is 350 g/mol. The van der Waals surface area contributed by atoms with Gasteiger partial charge in [-0.05, 0) is 24.5 Å². The number of hydrogen-bond donors (Lipinski definition) is 1. The van der Waals surface area contributed by atoms with Crippen LogP contribution in [0.4, 0.5) is 4.39 Å². The minimum Gasteiger partial charge on any atom is -0.460 e. The molecule has 0 aliphatic heterocycles. The van der Waals surface area contributed by atoms with E-state index in [2.05, 4.69) is 31.5 Å². The van der Waals surface area contributed by atoms with E-state index in [1.165, 1.54) is 12.3 Å². The van der Waals surface area contributed by atoms with Crippen molar-refractivity contribution in [3.63, 3.8) is 0 Å². The van der Waals surface area contributed by atoms with Crippen molar-refractivity contribution >= 4 is 35.2 Å². The minimum absolute atomic E-state index is 0.116. The van der Waals surface area contributed by atoms with Crippen LogP contribution in [0.5, 0.6) is 0 Å². The first-order valence-corrected chi connectivity index (χ1v) is 8.27. The maximum atomic E-state index is 14.2. The summed E-state index contributed by atoms with van der Waals surface area (Å²) >= 11 is 10.7. The summed E-state index contributed by atoms with van der Waals surface area (Å²) in [5.41, 5.74) is 2.61. The van der Waals surface area contributed by atoms with Crippen LogP contribution in [0.15, 0.2) is 33.7 Å². The predicted octanol–water partition coefficient (Wildman–Crippen LogP) is 6.08. The molecule has 1 aromatic carbocycles. The molecule has 120 valence electrons. The van der Waals surface area contributed by atoms with Gasteiger partial charge in [-0.3, -0.25) is 0 Å². The Kier molecular flexibility index (Phi) is 4.39. The highest BCUT2D eigenvalue weighted by atomic mass is 35.5. The topological polar surface area (TPSA) is 26.0 Å². The van der Waals surface area contributed by atoms with Crippen LogP contribution in [0.2, 0.25) is 5.15 Å². The number of nitrogens with zero attached hydrogens (tertiary/aromatic N) is 1. The molecule has 0 aliphatic rings. The third kappa shape index (κ3) is 2.86. The lowest BCUT2D eigenvalue weighted by Crippen LogP contribution is -1.93. The number of rotatable bonds is 3. The van der Waals surface area contributed by atoms with Crippen LogP contribution in [0.3, 0.4) is 0 Å². The highest BCUT2D eigenvalue weighted by Crippen LogP contribution is 2.40. The molecule has 23 heavy (non-hydrogen) atoms. The van der Waals surface area contributed by atoms with Gasteiger partial charge in [0.2, 0.25) is 0 Å². The number of furan rings is 1. The van der Waals surface area contributed by atoms with Crippen LogP contribution in [-0.2, 0) is 6.42 Å². The van der Waals surface area contributed by atoms with E-state index in [9.17, 15) is 4.39 Å². The monoisotopic (exact) mass is 349 g/mol. The quantitative estimate of drug-likeness (QED) is 0.458. The lowest BCUT2D eigenvalue weighted by atomic mass is 10.0. The number of halogens is 2. The van der Waals surface area contributed by atoms with Gasteiger partial charge in [0.25, 0.3) is 0 Å². The largest absolute Gasteiger partial charge is 0.460 e. The molecule has 0 fully saturated rings. The SMILES string of the molecule is Cc1c(CC(C)C)oc2c(S)c(-c3c(F)ccnc3Cl)ccc12. The van der Waals surface area contributed by atoms with Crippen molar-refractivity contribution in [3.8, 4) is 11.1 Å². The summed E-state index contributed by atoms with van der Waals surface area (Å²) in [6.07, 6.45) is 2.20. The van der Waals surface area contributed by atoms with Gasteiger partial charge >= 0.3 is 0 Å². The van der Waals surface area contributed by atoms with E-state index in [-0.39, 0.29) is 10.7 Å². The molecule has 2 heterocycles. The minimum atomic E-state index is -0.426. The van der Waals surface area contributed by atoms with Crippen molar-refractivity contribution in [1.29, 1.82) is 0 Å². The van der Waals surface area contributed by atoms with E-state index >= 15 is 0 Å². The Morgan fingerprint density at radius 2 is 2.04 bits per heavy atom. The molecule has 0 N–H and O–H groups in total. The summed E-state index contributed by atoms with van der Waals surface area (Å²) in [5.74, 6) is 1.01. The van der Waals surface area contributed by atoms with Crippen molar-refractivity contribution in [2.75, 3.05) is 0 Å². The Bertz CT molecular complexity index is 868. The summed E-state index contributed by atoms with van der Waals surface area (Å²) < 4.78 is 20.2. The van der Waals surface area contributed by atoms with Gasteiger partial charge < -0.3 is 4.42 Å². The van der Waals surface area contributed by atoms with Gasteiger partial charge in [-0.15, -0.1) is 12.6 Å². The van der Waals surface area contributed by atoms with Gasteiger partial charge in [0.05, 0.1) is 10.5 Å². The molecule has 0 unspecified atom stereocenters. The first-order chi connectivity index (χ1) is 10.9. The molecule has 5 heteroatoms. The molecular formula is C18H17ClFNOS. The summed E-state index contributed by atoms with van der Waals surface area (Å²) in [6, 6.07) is 5.03. The number of aromatic nitrogens is 1. The number of aryl methyl sites for hydroxylation is 1. The fourth-order valence-corrected chi connectivity index (χ4v) is 3.34. The first kappa shape index (κ1) is 16.3. The number of pyridine rings is 1. The summed E-state index contributed by atoms with van der Waals surface area (Å²) in [5, 5.41) is 1.11. The molecule has 2 aromatic heterocycles. The first-order valence-electron chi connectivity index (χ1n) is 7.44. The number of hydrogen-bond acceptors (Lipinski definition) is 3. The second-order valence-corrected chi connectivity index (χ2v) is 6.85. The second-order valence-electron chi connectivity index (χ2n) is 6.05. The van der Waals surface area contributed by atoms with Gasteiger partial charge in [-0.2, -0.15) is 0 Å². The van der Waals surface area contributed by atoms with E-state index < -0.39 is 5.82 Å². The van der Waals surface area contributed by atoms with E-state index in [1.807, 2.05) is 19.1 Å². The van der Waals surface area contributed by atoms with Gasteiger partial charge in [0.15, 0.2) is 0 Å². The van der Waals surface area contributed by atoms with Crippen molar-refractivity contribution in [1.82, 2.24) is 4.98 Å². The summed E-state index contributed by atoms with van der Waals surface area (Å²) in [7, 11) is 0. The van der Waals surface area contributed by atoms with Crippen LogP contribution in [0.25, 0.3) is 22.1 Å². The van der Waals surface area contributed by atoms with Crippen LogP contribution >= 0.6 is 24.2 Å². The van der Waals surface area contributed by atoms with E-state index in [1.54, 1.807) is 0 Å². The lowest BCUT2D eigenvalue weighted by Gasteiger charge is -2.08. The van der Waals surface area contributed by atoms with Crippen LogP contribution in [0, 0.1) is 18.7 Å². The maximum Gasteiger partial charge on any atom is 0.148 e. The third-order valence-electron chi connectivity index (χ3n) is 3.90. The van der Waals surface area contributed by atoms with Gasteiger partial charge in [0, 0.05) is 23.6 Å². The Morgan fingerprint density at radius 3 is 2.70 bits per heavy atom. The number of benzene rings is 1. The Labute approximate surface area is 145 Å². The van der Waals surface area contributed by atoms with Crippen LogP contribution < -0.4 is 0 Å². The van der Waals surface area contributed by atoms with Gasteiger partial charge in [0.1, 0.15) is 22.3 Å². The van der Waals surface area contributed by atoms with Crippen molar-refractivity contribution in [2.45, 2.75) is 32.1 Å². The average Bonchev–Trinajstić information content (AvgIpc) is 2.78.